The summed E-state index contributed by atoms with van der Waals surface area (Å²) in [4.78, 5) is 9.62. The minimum absolute atomic E-state index is 0. The van der Waals surface area contributed by atoms with Gasteiger partial charge >= 0.3 is 0 Å². The lowest BCUT2D eigenvalue weighted by molar-refractivity contribution is -0.387. The molecule has 114 valence electrons. The Labute approximate surface area is 128 Å². The van der Waals surface area contributed by atoms with E-state index in [9.17, 15) is 18.5 Å². The van der Waals surface area contributed by atoms with Gasteiger partial charge in [-0.15, -0.1) is 12.4 Å². The van der Waals surface area contributed by atoms with E-state index in [4.69, 9.17) is 17.3 Å². The summed E-state index contributed by atoms with van der Waals surface area (Å²) in [6.07, 6.45) is 0. The first kappa shape index (κ1) is 19.1. The Kier molecular flexibility index (Phi) is 6.37. The number of hydrogen-bond acceptors (Lipinski definition) is 5. The minimum Gasteiger partial charge on any atom is -0.324 e. The molecule has 0 radical (unpaired) electrons. The molecule has 0 aliphatic carbocycles. The number of nitrogens with zero attached hydrogens (tertiary/aromatic N) is 1. The van der Waals surface area contributed by atoms with E-state index in [1.54, 1.807) is 13.8 Å². The summed E-state index contributed by atoms with van der Waals surface area (Å²) in [7, 11) is -4.02. The molecule has 7 nitrogen and oxygen atoms in total. The number of sulfonamides is 1. The first-order chi connectivity index (χ1) is 8.53. The second-order valence-electron chi connectivity index (χ2n) is 4.68. The smallest absolute Gasteiger partial charge is 0.290 e. The van der Waals surface area contributed by atoms with Crippen LogP contribution in [0.3, 0.4) is 0 Å². The van der Waals surface area contributed by atoms with Gasteiger partial charge in [0.15, 0.2) is 4.90 Å². The van der Waals surface area contributed by atoms with Crippen LogP contribution in [-0.2, 0) is 10.0 Å². The highest BCUT2D eigenvalue weighted by Gasteiger charge is 2.27. The number of nitrogens with one attached hydrogen (secondary N) is 1. The van der Waals surface area contributed by atoms with Crippen LogP contribution in [0.15, 0.2) is 23.1 Å². The van der Waals surface area contributed by atoms with E-state index in [0.29, 0.717) is 0 Å². The van der Waals surface area contributed by atoms with Gasteiger partial charge in [-0.3, -0.25) is 10.1 Å². The zero-order valence-corrected chi connectivity index (χ0v) is 13.2. The Balaban J connectivity index is 0.00000361. The summed E-state index contributed by atoms with van der Waals surface area (Å²) in [5.74, 6) is 0. The fourth-order valence-electron chi connectivity index (χ4n) is 1.22. The molecule has 0 saturated heterocycles. The van der Waals surface area contributed by atoms with Gasteiger partial charge in [-0.1, -0.05) is 11.6 Å². The summed E-state index contributed by atoms with van der Waals surface area (Å²) >= 11 is 5.62. The van der Waals surface area contributed by atoms with E-state index >= 15 is 0 Å². The van der Waals surface area contributed by atoms with Crippen LogP contribution in [-0.4, -0.2) is 25.4 Å². The molecule has 1 aromatic rings. The number of nitro benzene ring substituents is 1. The van der Waals surface area contributed by atoms with Gasteiger partial charge in [0, 0.05) is 23.2 Å². The predicted molar refractivity (Wildman–Crippen MR) is 78.8 cm³/mol. The van der Waals surface area contributed by atoms with E-state index in [0.717, 1.165) is 12.1 Å². The third-order valence-electron chi connectivity index (χ3n) is 2.13. The van der Waals surface area contributed by atoms with Crippen molar-refractivity contribution in [3.8, 4) is 0 Å². The van der Waals surface area contributed by atoms with Gasteiger partial charge in [0.2, 0.25) is 10.0 Å². The average Bonchev–Trinajstić information content (AvgIpc) is 2.25. The molecular weight excluding hydrogens is 329 g/mol. The molecule has 0 bridgehead atoms. The zero-order valence-electron chi connectivity index (χ0n) is 10.8. The van der Waals surface area contributed by atoms with Gasteiger partial charge in [0.25, 0.3) is 5.69 Å². The van der Waals surface area contributed by atoms with Crippen LogP contribution in [0.2, 0.25) is 5.02 Å². The molecule has 1 aromatic carbocycles. The van der Waals surface area contributed by atoms with Crippen molar-refractivity contribution in [2.24, 2.45) is 5.73 Å². The molecule has 0 saturated carbocycles. The van der Waals surface area contributed by atoms with Gasteiger partial charge in [-0.2, -0.15) is 0 Å². The van der Waals surface area contributed by atoms with E-state index in [-0.39, 0.29) is 24.0 Å². The lowest BCUT2D eigenvalue weighted by Crippen LogP contribution is -2.45. The van der Waals surface area contributed by atoms with Gasteiger partial charge in [-0.05, 0) is 26.0 Å². The van der Waals surface area contributed by atoms with Crippen LogP contribution in [0, 0.1) is 10.1 Å². The maximum absolute atomic E-state index is 12.0. The molecule has 0 amide bonds. The number of hydrogen-bond donors (Lipinski definition) is 2. The molecule has 3 N–H and O–H groups in total. The maximum Gasteiger partial charge on any atom is 0.290 e. The third kappa shape index (κ3) is 5.22. The molecule has 1 rings (SSSR count). The number of nitro groups is 1. The highest BCUT2D eigenvalue weighted by molar-refractivity contribution is 7.89. The summed E-state index contributed by atoms with van der Waals surface area (Å²) in [6.45, 7) is 3.21. The first-order valence-corrected chi connectivity index (χ1v) is 7.11. The molecule has 0 heterocycles. The van der Waals surface area contributed by atoms with Gasteiger partial charge in [0.05, 0.1) is 4.92 Å². The predicted octanol–water partition coefficient (Wildman–Crippen LogP) is 1.69. The SMILES string of the molecule is CC(C)(N)CNS(=O)(=O)c1ccc(Cl)cc1[N+](=O)[O-].Cl. The van der Waals surface area contributed by atoms with E-state index < -0.39 is 31.1 Å². The molecular formula is C10H15Cl2N3O4S. The molecule has 0 atom stereocenters. The molecule has 10 heteroatoms. The van der Waals surface area contributed by atoms with Crippen LogP contribution < -0.4 is 10.5 Å². The van der Waals surface area contributed by atoms with Crippen LogP contribution in [0.1, 0.15) is 13.8 Å². The van der Waals surface area contributed by atoms with E-state index in [1.165, 1.54) is 6.07 Å². The fourth-order valence-corrected chi connectivity index (χ4v) is 2.76. The van der Waals surface area contributed by atoms with Crippen LogP contribution in [0.5, 0.6) is 0 Å². The van der Waals surface area contributed by atoms with Crippen LogP contribution >= 0.6 is 24.0 Å². The monoisotopic (exact) mass is 343 g/mol. The normalized spacial score (nSPS) is 11.8. The lowest BCUT2D eigenvalue weighted by atomic mass is 10.1. The van der Waals surface area contributed by atoms with Crippen molar-refractivity contribution in [1.29, 1.82) is 0 Å². The summed E-state index contributed by atoms with van der Waals surface area (Å²) in [5.41, 5.74) is 4.32. The fraction of sp³-hybridized carbons (Fsp3) is 0.400. The molecule has 0 spiro atoms. The van der Waals surface area contributed by atoms with Crippen molar-refractivity contribution in [3.05, 3.63) is 33.3 Å². The Morgan fingerprint density at radius 2 is 2.00 bits per heavy atom. The number of rotatable bonds is 5. The van der Waals surface area contributed by atoms with Crippen molar-refractivity contribution in [2.45, 2.75) is 24.3 Å². The van der Waals surface area contributed by atoms with Crippen molar-refractivity contribution in [3.63, 3.8) is 0 Å². The Morgan fingerprint density at radius 3 is 2.45 bits per heavy atom. The van der Waals surface area contributed by atoms with Gasteiger partial charge in [0.1, 0.15) is 0 Å². The van der Waals surface area contributed by atoms with Crippen molar-refractivity contribution < 1.29 is 13.3 Å². The first-order valence-electron chi connectivity index (χ1n) is 5.25. The van der Waals surface area contributed by atoms with Crippen molar-refractivity contribution >= 4 is 39.7 Å². The van der Waals surface area contributed by atoms with Crippen molar-refractivity contribution in [1.82, 2.24) is 4.72 Å². The standard InChI is InChI=1S/C10H14ClN3O4S.ClH/c1-10(2,12)6-13-19(17,18)9-4-3-7(11)5-8(9)14(15)16;/h3-5,13H,6,12H2,1-2H3;1H. The lowest BCUT2D eigenvalue weighted by Gasteiger charge is -2.18. The van der Waals surface area contributed by atoms with Crippen molar-refractivity contribution in [2.75, 3.05) is 6.54 Å². The summed E-state index contributed by atoms with van der Waals surface area (Å²) in [5, 5.41) is 10.9. The Morgan fingerprint density at radius 1 is 1.45 bits per heavy atom. The highest BCUT2D eigenvalue weighted by atomic mass is 35.5. The quantitative estimate of drug-likeness (QED) is 0.623. The maximum atomic E-state index is 12.0. The third-order valence-corrected chi connectivity index (χ3v) is 3.81. The van der Waals surface area contributed by atoms with Gasteiger partial charge < -0.3 is 5.73 Å². The molecule has 0 aliphatic rings. The Hall–Kier alpha value is -0.930. The topological polar surface area (TPSA) is 115 Å². The average molecular weight is 344 g/mol. The molecule has 20 heavy (non-hydrogen) atoms. The second-order valence-corrected chi connectivity index (χ2v) is 6.85. The van der Waals surface area contributed by atoms with Gasteiger partial charge in [-0.25, -0.2) is 13.1 Å². The molecule has 0 aromatic heterocycles. The number of nitrogens with two attached hydrogens (primary N) is 1. The summed E-state index contributed by atoms with van der Waals surface area (Å²) < 4.78 is 26.2. The Bertz CT molecular complexity index is 599. The van der Waals surface area contributed by atoms with Crippen LogP contribution in [0.4, 0.5) is 5.69 Å². The summed E-state index contributed by atoms with van der Waals surface area (Å²) in [6, 6.07) is 3.35. The van der Waals surface area contributed by atoms with Crippen LogP contribution in [0.25, 0.3) is 0 Å². The second kappa shape index (κ2) is 6.68. The zero-order chi connectivity index (χ0) is 14.8. The number of benzene rings is 1. The largest absolute Gasteiger partial charge is 0.324 e. The highest BCUT2D eigenvalue weighted by Crippen LogP contribution is 2.26. The van der Waals surface area contributed by atoms with E-state index in [2.05, 4.69) is 4.72 Å². The van der Waals surface area contributed by atoms with E-state index in [1.807, 2.05) is 0 Å². The molecule has 0 unspecified atom stereocenters. The molecule has 0 fully saturated rings. The molecule has 0 aliphatic heterocycles. The minimum atomic E-state index is -4.02. The number of halogens is 2.